The smallest absolute Gasteiger partial charge is 0.322 e. The van der Waals surface area contributed by atoms with Crippen molar-refractivity contribution in [3.63, 3.8) is 0 Å². The fourth-order valence-corrected chi connectivity index (χ4v) is 21.3. The van der Waals surface area contributed by atoms with Gasteiger partial charge in [-0.3, -0.25) is 66.5 Å². The molecule has 61 heteroatoms. The number of alkyl halides is 10. The Bertz CT molecular complexity index is 4860. The third kappa shape index (κ3) is 40.0. The number of esters is 13. The first-order valence-corrected chi connectivity index (χ1v) is 57.4. The Balaban J connectivity index is 0.000000431. The van der Waals surface area contributed by atoms with Crippen molar-refractivity contribution in [2.24, 2.45) is 94.2 Å². The van der Waals surface area contributed by atoms with E-state index in [1.807, 2.05) is 20.8 Å². The summed E-state index contributed by atoms with van der Waals surface area (Å²) in [6.45, 7) is 22.3. The average molecular weight is 2810 g/mol. The second-order valence-corrected chi connectivity index (χ2v) is 47.7. The zero-order valence-electron chi connectivity index (χ0n) is 81.9. The van der Waals surface area contributed by atoms with Gasteiger partial charge in [-0.1, -0.05) is 215 Å². The van der Waals surface area contributed by atoms with Crippen LogP contribution in [0.2, 0.25) is 0 Å². The first-order chi connectivity index (χ1) is 69.4. The molecule has 0 N–H and O–H groups in total. The Morgan fingerprint density at radius 2 is 0.713 bits per heavy atom. The molecule has 6 aliphatic carbocycles. The SMILES string of the molecule is CC(C)(Br)C(=O)OC1C2CC3C1OC(=O)C3C2C(=O)[O-].CC(C)(C)C(CC(=O)[O-])OC(=O)CBr.CC(C)C(CC(=O)[O-])OC(=O)C(C)(C)Br.CC(C)C(CC(=O)[O-])OC(=O)CBr.CC(CC(=O)[O-])OC(=O)CBr.CCC(CC(=O)[O-])OC(=O)CBr.O=C(CBr)OC1C2CC3C1OC(=O)C3C2C(=O)[O-].O=C(CBr)OC1C2CC3C1OS(=O)(=O)C3C2C(=O)[O-].O=C(CBr)OC1C2OC(=O)C3C2OC1C3C(=O)[O-].O=C([O-])CCOC(=O)CBr. The van der Waals surface area contributed by atoms with Crippen molar-refractivity contribution in [2.75, 3.05) is 49.2 Å². The highest BCUT2D eigenvalue weighted by molar-refractivity contribution is 9.11. The summed E-state index contributed by atoms with van der Waals surface area (Å²) in [5.74, 6) is -27.5. The molecule has 29 unspecified atom stereocenters. The summed E-state index contributed by atoms with van der Waals surface area (Å²) in [4.78, 5) is 251. The number of carboxylic acid groups (broad SMARTS) is 10. The maximum atomic E-state index is 12.0. The summed E-state index contributed by atoms with van der Waals surface area (Å²) in [5, 5.41) is 105. The maximum absolute atomic E-state index is 12.0. The van der Waals surface area contributed by atoms with Gasteiger partial charge in [-0.15, -0.1) is 0 Å². The van der Waals surface area contributed by atoms with Gasteiger partial charge in [0.25, 0.3) is 10.1 Å². The minimum Gasteiger partial charge on any atom is -0.550 e. The van der Waals surface area contributed by atoms with Gasteiger partial charge >= 0.3 is 77.6 Å². The molecule has 0 aromatic rings. The largest absolute Gasteiger partial charge is 0.550 e. The van der Waals surface area contributed by atoms with E-state index in [2.05, 4.69) is 169 Å². The molecule has 0 aromatic heterocycles. The van der Waals surface area contributed by atoms with Crippen LogP contribution in [0.4, 0.5) is 0 Å². The number of carboxylic acids is 10. The molecule has 50 nitrogen and oxygen atoms in total. The zero-order valence-corrected chi connectivity index (χ0v) is 98.6. The molecule has 6 saturated heterocycles. The lowest BCUT2D eigenvalue weighted by Gasteiger charge is -2.33. The first kappa shape index (κ1) is 137. The van der Waals surface area contributed by atoms with Crippen LogP contribution in [0.15, 0.2) is 0 Å². The average Bonchev–Trinajstić information content (AvgIpc) is 2.51. The molecule has 0 aromatic carbocycles. The van der Waals surface area contributed by atoms with Gasteiger partial charge in [0.2, 0.25) is 0 Å². The van der Waals surface area contributed by atoms with Crippen molar-refractivity contribution >= 4 is 307 Å². The van der Waals surface area contributed by atoms with Crippen molar-refractivity contribution in [3.05, 3.63) is 0 Å². The van der Waals surface area contributed by atoms with Crippen LogP contribution in [0.1, 0.15) is 154 Å². The van der Waals surface area contributed by atoms with Gasteiger partial charge in [0.05, 0.1) is 24.4 Å². The monoisotopic (exact) mass is 2800 g/mol. The van der Waals surface area contributed by atoms with E-state index < -0.39 is 317 Å². The van der Waals surface area contributed by atoms with Gasteiger partial charge in [0.1, 0.15) is 136 Å². The number of ether oxygens (including phenoxy) is 14. The topological polar surface area (TPSA) is 796 Å². The highest BCUT2D eigenvalue weighted by Crippen LogP contribution is 2.61. The molecule has 12 fully saturated rings. The van der Waals surface area contributed by atoms with Crippen LogP contribution in [0.5, 0.6) is 0 Å². The lowest BCUT2D eigenvalue weighted by Crippen LogP contribution is -2.51. The fourth-order valence-electron chi connectivity index (χ4n) is 17.9. The number of aliphatic carboxylic acids is 10. The summed E-state index contributed by atoms with van der Waals surface area (Å²) in [6.07, 6.45) is -9.72. The molecule has 8 bridgehead atoms. The number of carbonyl (C=O) groups excluding carboxylic acids is 23. The molecule has 6 saturated carbocycles. The molecular weight excluding hydrogens is 2700 g/mol. The van der Waals surface area contributed by atoms with E-state index in [1.165, 1.54) is 6.92 Å². The Hall–Kier alpha value is -7.52. The molecule has 0 spiro atoms. The number of hydrogen-bond donors (Lipinski definition) is 0. The van der Waals surface area contributed by atoms with E-state index >= 15 is 0 Å². The standard InChI is InChI=1S/C13H15BrO6.C11H11BrO6.C10H11BrO7S.C10H9BrO7.C10H17BrO4.C9H15BrO4.C8H13BrO4.C7H11BrO4.C6H9BrO4.C5H7BrO4/c1-13(2,14)12(18)20-9-4-3-5-7(6(4)10(15)16)11(17)19-8(5)9;12-2-5(13)17-8-3-1-4-7(6(3)10(14)15)11(16)18-9(4)8;11-2-5(12)17-7-3-1-4-8(7)18-19(15,16)9(4)6(3)10(13)14;11-1-2(12)16-7-5-3(9(13)14)4-6(17-5)8(7)18-10(4)15;1-6(2)7(5-8(12)13)15-9(14)10(3,4)11;1-9(2,3)6(4-7(11)12)14-8(13)5-10;1-5(2)6(3-7(10)11)13-8(12)4-9;1-2-5(3-6(9)10)12-7(11)4-8;1-4(2-5(8)9)11-6(10)3-7;6-3-5(9)10-2-1-4(7)8/h4-9H,3H2,1-2H3,(H,15,16);3-4,6-9H,1-2H2,(H,14,15);3-4,6-9H,1-2H2,(H,13,14);3-8H,1H2,(H,13,14);6-7H,5H2,1-4H3,(H,12,13);6H,4-5H2,1-3H3,(H,11,12);5-6H,3-4H2,1-2H3,(H,10,11);5H,2-4H2,1H3,(H,9,10);4H,2-3H2,1H3,(H,8,9);1-3H2,(H,7,8)/p-10. The van der Waals surface area contributed by atoms with Crippen molar-refractivity contribution in [1.29, 1.82) is 0 Å². The summed E-state index contributed by atoms with van der Waals surface area (Å²) in [6, 6.07) is 0. The molecule has 850 valence electrons. The Morgan fingerprint density at radius 3 is 1.09 bits per heavy atom. The highest BCUT2D eigenvalue weighted by Gasteiger charge is 2.73. The van der Waals surface area contributed by atoms with Crippen LogP contribution in [0.25, 0.3) is 0 Å². The van der Waals surface area contributed by atoms with Gasteiger partial charge in [-0.25, -0.2) is 0 Å². The number of fused-ring (bicyclic) bond motifs is 4. The number of hydrogen-bond acceptors (Lipinski definition) is 50. The molecule has 12 aliphatic rings. The zero-order chi connectivity index (χ0) is 115. The van der Waals surface area contributed by atoms with E-state index in [9.17, 15) is 170 Å². The van der Waals surface area contributed by atoms with Gasteiger partial charge < -0.3 is 165 Å². The molecular formula is C89H108Br10O50S-10. The van der Waals surface area contributed by atoms with Crippen molar-refractivity contribution in [3.8, 4) is 0 Å². The molecule has 6 aliphatic heterocycles. The predicted molar refractivity (Wildman–Crippen MR) is 514 cm³/mol. The van der Waals surface area contributed by atoms with E-state index in [0.29, 0.717) is 25.7 Å². The molecule has 29 atom stereocenters. The Morgan fingerprint density at radius 1 is 0.360 bits per heavy atom. The first-order valence-electron chi connectivity index (χ1n) is 45.4. The lowest BCUT2D eigenvalue weighted by atomic mass is 9.78. The summed E-state index contributed by atoms with van der Waals surface area (Å²) in [5.41, 5.74) is -0.405. The Kier molecular flexibility index (Phi) is 56.3. The minimum atomic E-state index is -3.92. The third-order valence-electron chi connectivity index (χ3n) is 24.4. The summed E-state index contributed by atoms with van der Waals surface area (Å²) < 4.78 is 97.2. The maximum Gasteiger partial charge on any atom is 0.322 e. The van der Waals surface area contributed by atoms with Crippen LogP contribution >= 0.6 is 159 Å². The van der Waals surface area contributed by atoms with E-state index in [4.69, 9.17) is 61.0 Å². The predicted octanol–water partition coefficient (Wildman–Crippen LogP) is -5.34. The molecule has 0 radical (unpaired) electrons. The van der Waals surface area contributed by atoms with Gasteiger partial charge in [0, 0.05) is 157 Å². The van der Waals surface area contributed by atoms with Crippen LogP contribution < -0.4 is 51.1 Å². The van der Waals surface area contributed by atoms with Crippen molar-refractivity contribution < 1.29 is 240 Å². The van der Waals surface area contributed by atoms with Crippen LogP contribution in [0, 0.1) is 94.2 Å². The molecule has 6 heterocycles. The molecule has 150 heavy (non-hydrogen) atoms. The molecule has 12 rings (SSSR count). The van der Waals surface area contributed by atoms with Gasteiger partial charge in [-0.2, -0.15) is 8.42 Å². The van der Waals surface area contributed by atoms with Crippen molar-refractivity contribution in [1.82, 2.24) is 0 Å². The quantitative estimate of drug-likeness (QED) is 0.0240. The number of carbonyl (C=O) groups is 23. The summed E-state index contributed by atoms with van der Waals surface area (Å²) >= 11 is 29.7. The van der Waals surface area contributed by atoms with E-state index in [-0.39, 0.29) is 117 Å². The summed E-state index contributed by atoms with van der Waals surface area (Å²) in [7, 11) is -3.92. The van der Waals surface area contributed by atoms with Crippen LogP contribution in [-0.4, -0.2) is 300 Å². The normalized spacial score (nSPS) is 28.0. The van der Waals surface area contributed by atoms with Gasteiger partial charge in [-0.05, 0) is 77.6 Å². The second kappa shape index (κ2) is 61.8. The minimum absolute atomic E-state index is 0.0268. The number of rotatable bonds is 39. The lowest BCUT2D eigenvalue weighted by molar-refractivity contribution is -0.316. The van der Waals surface area contributed by atoms with E-state index in [0.717, 1.165) is 0 Å². The van der Waals surface area contributed by atoms with Crippen LogP contribution in [-0.2, 0) is 191 Å². The van der Waals surface area contributed by atoms with E-state index in [1.54, 1.807) is 62.3 Å². The number of halogens is 10. The van der Waals surface area contributed by atoms with Crippen molar-refractivity contribution in [2.45, 2.75) is 260 Å². The second-order valence-electron chi connectivity index (χ2n) is 37.5. The fraction of sp³-hybridized carbons (Fsp3) is 0.742. The van der Waals surface area contributed by atoms with Crippen LogP contribution in [0.3, 0.4) is 0 Å². The highest BCUT2D eigenvalue weighted by atomic mass is 79.9. The molecule has 0 amide bonds. The van der Waals surface area contributed by atoms with Gasteiger partial charge in [0.15, 0.2) is 12.2 Å². The third-order valence-corrected chi connectivity index (χ3v) is 30.5. The Labute approximate surface area is 942 Å².